The second kappa shape index (κ2) is 10.0. The molecule has 0 radical (unpaired) electrons. The number of amides is 1. The average Bonchev–Trinajstić information content (AvgIpc) is 3.33. The minimum absolute atomic E-state index is 0. The molecule has 152 valence electrons. The van der Waals surface area contributed by atoms with Gasteiger partial charge in [-0.3, -0.25) is 4.79 Å². The number of halogens is 1. The molecule has 0 aromatic carbocycles. The van der Waals surface area contributed by atoms with Gasteiger partial charge in [0.2, 0.25) is 5.91 Å². The van der Waals surface area contributed by atoms with E-state index >= 15 is 0 Å². The third-order valence-electron chi connectivity index (χ3n) is 5.57. The molecule has 8 heteroatoms. The number of guanidine groups is 1. The Kier molecular flexibility index (Phi) is 8.33. The lowest BCUT2D eigenvalue weighted by Crippen LogP contribution is -2.47. The van der Waals surface area contributed by atoms with Crippen LogP contribution in [-0.2, 0) is 4.79 Å². The first-order chi connectivity index (χ1) is 12.4. The Hall–Kier alpha value is -0.900. The van der Waals surface area contributed by atoms with Crippen molar-refractivity contribution in [2.75, 3.05) is 27.2 Å². The summed E-state index contributed by atoms with van der Waals surface area (Å²) in [5, 5.41) is 8.19. The van der Waals surface area contributed by atoms with Crippen molar-refractivity contribution in [3.63, 3.8) is 0 Å². The van der Waals surface area contributed by atoms with Gasteiger partial charge in [-0.1, -0.05) is 13.3 Å². The van der Waals surface area contributed by atoms with Crippen molar-refractivity contribution in [3.05, 3.63) is 16.1 Å². The minimum Gasteiger partial charge on any atom is -0.356 e. The van der Waals surface area contributed by atoms with Crippen LogP contribution in [-0.4, -0.2) is 55.0 Å². The third kappa shape index (κ3) is 6.04. The van der Waals surface area contributed by atoms with Gasteiger partial charge in [0.1, 0.15) is 6.54 Å². The van der Waals surface area contributed by atoms with Crippen LogP contribution in [0.1, 0.15) is 48.4 Å². The lowest BCUT2D eigenvalue weighted by molar-refractivity contribution is -0.127. The number of carbonyl (C=O) groups excluding carboxylic acids is 1. The maximum atomic E-state index is 11.9. The van der Waals surface area contributed by atoms with Gasteiger partial charge in [0.25, 0.3) is 0 Å². The third-order valence-corrected chi connectivity index (χ3v) is 6.71. The van der Waals surface area contributed by atoms with Gasteiger partial charge < -0.3 is 15.5 Å². The van der Waals surface area contributed by atoms with E-state index in [1.807, 2.05) is 6.20 Å². The highest BCUT2D eigenvalue weighted by molar-refractivity contribution is 14.0. The van der Waals surface area contributed by atoms with E-state index in [9.17, 15) is 4.79 Å². The van der Waals surface area contributed by atoms with Gasteiger partial charge in [-0.15, -0.1) is 35.3 Å². The Morgan fingerprint density at radius 3 is 2.74 bits per heavy atom. The summed E-state index contributed by atoms with van der Waals surface area (Å²) in [5.41, 5.74) is 0. The molecule has 4 unspecified atom stereocenters. The van der Waals surface area contributed by atoms with Gasteiger partial charge >= 0.3 is 0 Å². The van der Waals surface area contributed by atoms with Crippen LogP contribution in [0.25, 0.3) is 0 Å². The Labute approximate surface area is 183 Å². The predicted octanol–water partition coefficient (Wildman–Crippen LogP) is 2.99. The number of aryl methyl sites for hydroxylation is 1. The average molecular weight is 505 g/mol. The van der Waals surface area contributed by atoms with E-state index in [4.69, 9.17) is 0 Å². The zero-order valence-corrected chi connectivity index (χ0v) is 19.8. The lowest BCUT2D eigenvalue weighted by Gasteiger charge is -2.26. The Morgan fingerprint density at radius 2 is 2.19 bits per heavy atom. The number of aromatic nitrogens is 1. The van der Waals surface area contributed by atoms with Gasteiger partial charge in [-0.2, -0.15) is 0 Å². The van der Waals surface area contributed by atoms with Crippen LogP contribution in [0.3, 0.4) is 0 Å². The number of nitrogens with zero attached hydrogens (tertiary/aromatic N) is 3. The summed E-state index contributed by atoms with van der Waals surface area (Å²) < 4.78 is 0. The summed E-state index contributed by atoms with van der Waals surface area (Å²) >= 11 is 1.74. The number of thiazole rings is 1. The van der Waals surface area contributed by atoms with Gasteiger partial charge in [-0.25, -0.2) is 9.98 Å². The molecule has 0 aliphatic heterocycles. The molecule has 0 spiro atoms. The predicted molar refractivity (Wildman–Crippen MR) is 122 cm³/mol. The number of aliphatic imine (C=N–C) groups is 1. The van der Waals surface area contributed by atoms with E-state index in [0.717, 1.165) is 29.3 Å². The maximum absolute atomic E-state index is 11.9. The summed E-state index contributed by atoms with van der Waals surface area (Å²) in [4.78, 5) is 23.8. The topological polar surface area (TPSA) is 69.6 Å². The SMILES string of the molecule is Cc1cnc(C(C)CNC(=NCC(=O)N(C)C)NC2CC3CCC2C3)s1.I. The van der Waals surface area contributed by atoms with Crippen LogP contribution >= 0.6 is 35.3 Å². The van der Waals surface area contributed by atoms with Crippen molar-refractivity contribution < 1.29 is 4.79 Å². The van der Waals surface area contributed by atoms with Crippen LogP contribution in [0.2, 0.25) is 0 Å². The van der Waals surface area contributed by atoms with Crippen molar-refractivity contribution in [2.24, 2.45) is 16.8 Å². The smallest absolute Gasteiger partial charge is 0.243 e. The van der Waals surface area contributed by atoms with Crippen LogP contribution in [0, 0.1) is 18.8 Å². The zero-order chi connectivity index (χ0) is 18.7. The van der Waals surface area contributed by atoms with Gasteiger partial charge in [0.05, 0.1) is 5.01 Å². The van der Waals surface area contributed by atoms with Crippen molar-refractivity contribution in [2.45, 2.75) is 51.5 Å². The highest BCUT2D eigenvalue weighted by Crippen LogP contribution is 2.44. The Bertz CT molecular complexity index is 662. The van der Waals surface area contributed by atoms with E-state index < -0.39 is 0 Å². The zero-order valence-electron chi connectivity index (χ0n) is 16.7. The quantitative estimate of drug-likeness (QED) is 0.355. The maximum Gasteiger partial charge on any atom is 0.243 e. The molecule has 6 nitrogen and oxygen atoms in total. The van der Waals surface area contributed by atoms with E-state index in [1.54, 1.807) is 30.3 Å². The van der Waals surface area contributed by atoms with Crippen LogP contribution < -0.4 is 10.6 Å². The molecule has 2 saturated carbocycles. The second-order valence-corrected chi connectivity index (χ2v) is 9.24. The number of rotatable bonds is 6. The van der Waals surface area contributed by atoms with Crippen LogP contribution in [0.4, 0.5) is 0 Å². The van der Waals surface area contributed by atoms with Crippen molar-refractivity contribution in [1.82, 2.24) is 20.5 Å². The normalized spacial score (nSPS) is 25.0. The largest absolute Gasteiger partial charge is 0.356 e. The molecular weight excluding hydrogens is 473 g/mol. The monoisotopic (exact) mass is 505 g/mol. The van der Waals surface area contributed by atoms with Gasteiger partial charge in [0.15, 0.2) is 5.96 Å². The number of hydrogen-bond donors (Lipinski definition) is 2. The molecule has 1 heterocycles. The standard InChI is InChI=1S/C19H31N5OS.HI/c1-12(18-20-10-13(2)26-18)9-21-19(22-11-17(25)24(3)4)23-16-8-14-5-6-15(16)7-14;/h10,12,14-16H,5-9,11H2,1-4H3,(H2,21,22,23);1H. The first-order valence-corrected chi connectivity index (χ1v) is 10.4. The molecular formula is C19H32IN5OS. The number of fused-ring (bicyclic) bond motifs is 2. The lowest BCUT2D eigenvalue weighted by atomic mass is 9.95. The summed E-state index contributed by atoms with van der Waals surface area (Å²) in [5.74, 6) is 2.72. The highest BCUT2D eigenvalue weighted by atomic mass is 127. The number of likely N-dealkylation sites (N-methyl/N-ethyl adjacent to an activating group) is 1. The molecule has 2 fully saturated rings. The number of carbonyl (C=O) groups is 1. The molecule has 1 aromatic rings. The Balaban J connectivity index is 0.00000261. The van der Waals surface area contributed by atoms with Crippen molar-refractivity contribution in [3.8, 4) is 0 Å². The molecule has 1 aromatic heterocycles. The first kappa shape index (κ1) is 22.4. The number of nitrogens with one attached hydrogen (secondary N) is 2. The highest BCUT2D eigenvalue weighted by Gasteiger charge is 2.39. The molecule has 27 heavy (non-hydrogen) atoms. The Morgan fingerprint density at radius 1 is 1.41 bits per heavy atom. The molecule has 2 bridgehead atoms. The fraction of sp³-hybridized carbons (Fsp3) is 0.737. The van der Waals surface area contributed by atoms with Crippen LogP contribution in [0.15, 0.2) is 11.2 Å². The molecule has 0 saturated heterocycles. The summed E-state index contributed by atoms with van der Waals surface area (Å²) in [6, 6.07) is 0.492. The van der Waals surface area contributed by atoms with E-state index in [0.29, 0.717) is 12.0 Å². The summed E-state index contributed by atoms with van der Waals surface area (Å²) in [7, 11) is 3.53. The van der Waals surface area contributed by atoms with Gasteiger partial charge in [-0.05, 0) is 38.0 Å². The van der Waals surface area contributed by atoms with Crippen molar-refractivity contribution >= 4 is 47.2 Å². The van der Waals surface area contributed by atoms with Gasteiger partial charge in [0, 0.05) is 43.7 Å². The molecule has 2 N–H and O–H groups in total. The van der Waals surface area contributed by atoms with E-state index in [1.165, 1.54) is 30.6 Å². The van der Waals surface area contributed by atoms with E-state index in [2.05, 4.69) is 34.5 Å². The first-order valence-electron chi connectivity index (χ1n) is 9.59. The fourth-order valence-electron chi connectivity index (χ4n) is 3.97. The molecule has 2 aliphatic carbocycles. The minimum atomic E-state index is 0. The molecule has 3 rings (SSSR count). The summed E-state index contributed by atoms with van der Waals surface area (Å²) in [6.45, 7) is 5.19. The second-order valence-electron chi connectivity index (χ2n) is 7.97. The number of hydrogen-bond acceptors (Lipinski definition) is 4. The summed E-state index contributed by atoms with van der Waals surface area (Å²) in [6.07, 6.45) is 7.20. The van der Waals surface area contributed by atoms with Crippen LogP contribution in [0.5, 0.6) is 0 Å². The van der Waals surface area contributed by atoms with Crippen molar-refractivity contribution in [1.29, 1.82) is 0 Å². The molecule has 1 amide bonds. The fourth-order valence-corrected chi connectivity index (χ4v) is 4.80. The molecule has 2 aliphatic rings. The molecule has 4 atom stereocenters. The van der Waals surface area contributed by atoms with E-state index in [-0.39, 0.29) is 36.4 Å².